The number of ether oxygens (including phenoxy) is 2. The second kappa shape index (κ2) is 9.51. The minimum absolute atomic E-state index is 0.0240. The van der Waals surface area contributed by atoms with Gasteiger partial charge in [0.15, 0.2) is 0 Å². The number of halogens is 2. The molecule has 1 amide bonds. The third-order valence-corrected chi connectivity index (χ3v) is 3.95. The molecular weight excluding hydrogens is 431 g/mol. The number of anilines is 1. The van der Waals surface area contributed by atoms with Crippen LogP contribution in [-0.4, -0.2) is 32.9 Å². The SMILES string of the molecule is CC(C)OC(=O)c1ccc(NC(=O)c2cc(Oc3ccc(Cl)cc3)nc(Cl)n2)nc1. The number of carbonyl (C=O) groups excluding carboxylic acids is 2. The monoisotopic (exact) mass is 446 g/mol. The summed E-state index contributed by atoms with van der Waals surface area (Å²) >= 11 is 11.8. The predicted molar refractivity (Wildman–Crippen MR) is 111 cm³/mol. The zero-order chi connectivity index (χ0) is 21.7. The topological polar surface area (TPSA) is 103 Å². The molecule has 30 heavy (non-hydrogen) atoms. The molecule has 0 aliphatic carbocycles. The minimum Gasteiger partial charge on any atom is -0.459 e. The second-order valence-electron chi connectivity index (χ2n) is 6.26. The molecule has 154 valence electrons. The van der Waals surface area contributed by atoms with E-state index < -0.39 is 11.9 Å². The normalized spacial score (nSPS) is 10.6. The highest BCUT2D eigenvalue weighted by Gasteiger charge is 2.15. The van der Waals surface area contributed by atoms with Crippen LogP contribution in [0, 0.1) is 0 Å². The van der Waals surface area contributed by atoms with E-state index in [-0.39, 0.29) is 34.3 Å². The van der Waals surface area contributed by atoms with Crippen molar-refractivity contribution in [2.24, 2.45) is 0 Å². The fourth-order valence-electron chi connectivity index (χ4n) is 2.24. The molecule has 3 aromatic rings. The van der Waals surface area contributed by atoms with Crippen molar-refractivity contribution < 1.29 is 19.1 Å². The average molecular weight is 447 g/mol. The van der Waals surface area contributed by atoms with Crippen molar-refractivity contribution >= 4 is 40.9 Å². The molecule has 1 N–H and O–H groups in total. The Morgan fingerprint density at radius 2 is 1.77 bits per heavy atom. The Balaban J connectivity index is 1.71. The van der Waals surface area contributed by atoms with Crippen molar-refractivity contribution in [3.8, 4) is 11.6 Å². The van der Waals surface area contributed by atoms with E-state index >= 15 is 0 Å². The number of rotatable bonds is 6. The lowest BCUT2D eigenvalue weighted by Crippen LogP contribution is -2.16. The first-order valence-electron chi connectivity index (χ1n) is 8.76. The van der Waals surface area contributed by atoms with E-state index in [1.807, 2.05) is 0 Å². The van der Waals surface area contributed by atoms with Gasteiger partial charge in [0, 0.05) is 17.3 Å². The Morgan fingerprint density at radius 3 is 2.40 bits per heavy atom. The average Bonchev–Trinajstić information content (AvgIpc) is 2.69. The van der Waals surface area contributed by atoms with Crippen LogP contribution in [0.2, 0.25) is 10.3 Å². The molecule has 0 spiro atoms. The van der Waals surface area contributed by atoms with Crippen molar-refractivity contribution in [3.63, 3.8) is 0 Å². The van der Waals surface area contributed by atoms with Crippen LogP contribution in [0.3, 0.4) is 0 Å². The summed E-state index contributed by atoms with van der Waals surface area (Å²) in [4.78, 5) is 36.3. The van der Waals surface area contributed by atoms with Crippen molar-refractivity contribution in [1.82, 2.24) is 15.0 Å². The molecule has 0 radical (unpaired) electrons. The maximum Gasteiger partial charge on any atom is 0.339 e. The predicted octanol–water partition coefficient (Wildman–Crippen LogP) is 4.79. The molecule has 1 aromatic carbocycles. The highest BCUT2D eigenvalue weighted by Crippen LogP contribution is 2.23. The summed E-state index contributed by atoms with van der Waals surface area (Å²) in [6.45, 7) is 3.50. The number of nitrogens with zero attached hydrogens (tertiary/aromatic N) is 3. The molecule has 0 aliphatic heterocycles. The molecule has 2 heterocycles. The summed E-state index contributed by atoms with van der Waals surface area (Å²) in [6, 6.07) is 10.9. The first-order chi connectivity index (χ1) is 14.3. The number of benzene rings is 1. The number of nitrogens with one attached hydrogen (secondary N) is 1. The number of aromatic nitrogens is 3. The molecule has 0 aliphatic rings. The lowest BCUT2D eigenvalue weighted by Gasteiger charge is -2.09. The summed E-state index contributed by atoms with van der Waals surface area (Å²) in [6.07, 6.45) is 1.06. The number of hydrogen-bond donors (Lipinski definition) is 1. The van der Waals surface area contributed by atoms with E-state index in [4.69, 9.17) is 32.7 Å². The van der Waals surface area contributed by atoms with E-state index in [1.54, 1.807) is 38.1 Å². The van der Waals surface area contributed by atoms with Gasteiger partial charge in [0.1, 0.15) is 17.3 Å². The standard InChI is InChI=1S/C20H16Cl2N4O4/c1-11(2)29-19(28)12-3-8-16(23-10-12)25-18(27)15-9-17(26-20(22)24-15)30-14-6-4-13(21)5-7-14/h3-11H,1-2H3,(H,23,25,27). The molecular formula is C20H16Cl2N4O4. The van der Waals surface area contributed by atoms with E-state index in [9.17, 15) is 9.59 Å². The molecule has 8 nitrogen and oxygen atoms in total. The highest BCUT2D eigenvalue weighted by molar-refractivity contribution is 6.30. The van der Waals surface area contributed by atoms with Crippen LogP contribution in [0.1, 0.15) is 34.7 Å². The van der Waals surface area contributed by atoms with Crippen LogP contribution in [-0.2, 0) is 4.74 Å². The molecule has 0 saturated carbocycles. The van der Waals surface area contributed by atoms with Crippen LogP contribution >= 0.6 is 23.2 Å². The lowest BCUT2D eigenvalue weighted by molar-refractivity contribution is 0.0377. The summed E-state index contributed by atoms with van der Waals surface area (Å²) in [5, 5.41) is 2.96. The lowest BCUT2D eigenvalue weighted by atomic mass is 10.3. The first kappa shape index (κ1) is 21.5. The van der Waals surface area contributed by atoms with Gasteiger partial charge in [-0.2, -0.15) is 4.98 Å². The highest BCUT2D eigenvalue weighted by atomic mass is 35.5. The number of hydrogen-bond acceptors (Lipinski definition) is 7. The van der Waals surface area contributed by atoms with Crippen molar-refractivity contribution in [3.05, 3.63) is 70.2 Å². The molecule has 2 aromatic heterocycles. The number of carbonyl (C=O) groups is 2. The van der Waals surface area contributed by atoms with E-state index in [2.05, 4.69) is 20.3 Å². The van der Waals surface area contributed by atoms with Crippen LogP contribution < -0.4 is 10.1 Å². The van der Waals surface area contributed by atoms with Gasteiger partial charge in [-0.1, -0.05) is 11.6 Å². The number of amides is 1. The Kier molecular flexibility index (Phi) is 6.81. The Bertz CT molecular complexity index is 1060. The van der Waals surface area contributed by atoms with Gasteiger partial charge in [-0.05, 0) is 61.8 Å². The van der Waals surface area contributed by atoms with Crippen LogP contribution in [0.15, 0.2) is 48.7 Å². The van der Waals surface area contributed by atoms with Crippen LogP contribution in [0.4, 0.5) is 5.82 Å². The third-order valence-electron chi connectivity index (χ3n) is 3.53. The second-order valence-corrected chi connectivity index (χ2v) is 7.03. The Morgan fingerprint density at radius 1 is 1.03 bits per heavy atom. The van der Waals surface area contributed by atoms with Crippen molar-refractivity contribution in [2.75, 3.05) is 5.32 Å². The molecule has 0 unspecified atom stereocenters. The summed E-state index contributed by atoms with van der Waals surface area (Å²) in [7, 11) is 0. The molecule has 0 saturated heterocycles. The third kappa shape index (κ3) is 5.88. The van der Waals surface area contributed by atoms with Gasteiger partial charge in [0.2, 0.25) is 11.2 Å². The maximum atomic E-state index is 12.5. The van der Waals surface area contributed by atoms with Gasteiger partial charge in [-0.15, -0.1) is 0 Å². The summed E-state index contributed by atoms with van der Waals surface area (Å²) in [5.74, 6) is -0.309. The minimum atomic E-state index is -0.578. The molecule has 0 bridgehead atoms. The van der Waals surface area contributed by atoms with E-state index in [0.717, 1.165) is 0 Å². The number of pyridine rings is 1. The Labute approximate surface area is 182 Å². The van der Waals surface area contributed by atoms with Gasteiger partial charge in [-0.25, -0.2) is 14.8 Å². The van der Waals surface area contributed by atoms with Crippen molar-refractivity contribution in [2.45, 2.75) is 20.0 Å². The van der Waals surface area contributed by atoms with E-state index in [0.29, 0.717) is 10.8 Å². The molecule has 3 rings (SSSR count). The van der Waals surface area contributed by atoms with Gasteiger partial charge in [-0.3, -0.25) is 4.79 Å². The summed E-state index contributed by atoms with van der Waals surface area (Å²) in [5.41, 5.74) is 0.245. The molecule has 0 fully saturated rings. The first-order valence-corrected chi connectivity index (χ1v) is 9.52. The Hall–Kier alpha value is -3.23. The van der Waals surface area contributed by atoms with Gasteiger partial charge < -0.3 is 14.8 Å². The quantitative estimate of drug-likeness (QED) is 0.428. The van der Waals surface area contributed by atoms with Gasteiger partial charge in [0.05, 0.1) is 11.7 Å². The molecule has 0 atom stereocenters. The molecule has 10 heteroatoms. The van der Waals surface area contributed by atoms with E-state index in [1.165, 1.54) is 24.4 Å². The fourth-order valence-corrected chi connectivity index (χ4v) is 2.54. The van der Waals surface area contributed by atoms with Gasteiger partial charge in [0.25, 0.3) is 5.91 Å². The zero-order valence-corrected chi connectivity index (χ0v) is 17.4. The fraction of sp³-hybridized carbons (Fsp3) is 0.150. The summed E-state index contributed by atoms with van der Waals surface area (Å²) < 4.78 is 10.7. The van der Waals surface area contributed by atoms with Crippen LogP contribution in [0.25, 0.3) is 0 Å². The number of esters is 1. The maximum absolute atomic E-state index is 12.5. The smallest absolute Gasteiger partial charge is 0.339 e. The van der Waals surface area contributed by atoms with Crippen molar-refractivity contribution in [1.29, 1.82) is 0 Å². The van der Waals surface area contributed by atoms with Gasteiger partial charge >= 0.3 is 5.97 Å². The largest absolute Gasteiger partial charge is 0.459 e. The van der Waals surface area contributed by atoms with Crippen LogP contribution in [0.5, 0.6) is 11.6 Å². The zero-order valence-electron chi connectivity index (χ0n) is 15.9.